The molecule has 1 aromatic rings. The Balaban J connectivity index is 2.34. The topological polar surface area (TPSA) is 50.1 Å². The molecule has 0 aliphatic carbocycles. The van der Waals surface area contributed by atoms with E-state index in [0.29, 0.717) is 6.04 Å². The van der Waals surface area contributed by atoms with Gasteiger partial charge in [-0.25, -0.2) is 0 Å². The third kappa shape index (κ3) is 4.63. The van der Waals surface area contributed by atoms with Crippen LogP contribution in [-0.4, -0.2) is 34.1 Å². The fraction of sp³-hybridized carbons (Fsp3) is 0.727. The van der Waals surface area contributed by atoms with E-state index in [0.717, 1.165) is 17.6 Å². The van der Waals surface area contributed by atoms with Gasteiger partial charge in [-0.15, -0.1) is 0 Å². The van der Waals surface area contributed by atoms with Crippen molar-refractivity contribution >= 4 is 15.9 Å². The Bertz CT molecular complexity index is 325. The Kier molecular flexibility index (Phi) is 4.95. The molecule has 0 aromatic carbocycles. The Morgan fingerprint density at radius 3 is 2.81 bits per heavy atom. The predicted octanol–water partition coefficient (Wildman–Crippen LogP) is 1.64. The van der Waals surface area contributed by atoms with E-state index in [4.69, 9.17) is 5.11 Å². The van der Waals surface area contributed by atoms with Crippen LogP contribution in [0.3, 0.4) is 0 Å². The molecule has 0 aliphatic heterocycles. The second-order valence-corrected chi connectivity index (χ2v) is 5.90. The minimum absolute atomic E-state index is 0.0705. The van der Waals surface area contributed by atoms with Gasteiger partial charge in [-0.1, -0.05) is 13.8 Å². The summed E-state index contributed by atoms with van der Waals surface area (Å²) < 4.78 is 2.89. The number of aliphatic hydroxyl groups excluding tert-OH is 1. The minimum Gasteiger partial charge on any atom is -0.396 e. The first kappa shape index (κ1) is 13.7. The van der Waals surface area contributed by atoms with E-state index in [1.54, 1.807) is 6.20 Å². The number of rotatable bonds is 6. The Morgan fingerprint density at radius 1 is 1.62 bits per heavy atom. The average Bonchev–Trinajstić information content (AvgIpc) is 2.61. The normalized spacial score (nSPS) is 14.1. The van der Waals surface area contributed by atoms with Crippen LogP contribution in [0.4, 0.5) is 0 Å². The molecule has 0 spiro atoms. The van der Waals surface area contributed by atoms with Crippen LogP contribution in [0.1, 0.15) is 20.8 Å². The van der Waals surface area contributed by atoms with Crippen LogP contribution in [0.15, 0.2) is 16.9 Å². The zero-order valence-corrected chi connectivity index (χ0v) is 11.7. The maximum absolute atomic E-state index is 9.14. The van der Waals surface area contributed by atoms with Gasteiger partial charge in [0.05, 0.1) is 17.2 Å². The fourth-order valence-corrected chi connectivity index (χ4v) is 1.62. The molecule has 4 nitrogen and oxygen atoms in total. The van der Waals surface area contributed by atoms with Crippen LogP contribution in [0.5, 0.6) is 0 Å². The molecule has 1 rings (SSSR count). The lowest BCUT2D eigenvalue weighted by Crippen LogP contribution is -2.39. The van der Waals surface area contributed by atoms with Crippen molar-refractivity contribution in [1.29, 1.82) is 0 Å². The minimum atomic E-state index is -0.0705. The predicted molar refractivity (Wildman–Crippen MR) is 68.3 cm³/mol. The van der Waals surface area contributed by atoms with Gasteiger partial charge in [0, 0.05) is 30.8 Å². The Labute approximate surface area is 105 Å². The van der Waals surface area contributed by atoms with Gasteiger partial charge in [-0.3, -0.25) is 4.68 Å². The van der Waals surface area contributed by atoms with Gasteiger partial charge >= 0.3 is 0 Å². The fourth-order valence-electron chi connectivity index (χ4n) is 1.29. The summed E-state index contributed by atoms with van der Waals surface area (Å²) in [4.78, 5) is 0. The van der Waals surface area contributed by atoms with Crippen LogP contribution in [0.25, 0.3) is 0 Å². The monoisotopic (exact) mass is 289 g/mol. The summed E-state index contributed by atoms with van der Waals surface area (Å²) in [5.74, 6) is 0. The lowest BCUT2D eigenvalue weighted by molar-refractivity contribution is 0.152. The molecule has 2 N–H and O–H groups in total. The zero-order chi connectivity index (χ0) is 12.2. The highest BCUT2D eigenvalue weighted by Crippen LogP contribution is 2.12. The van der Waals surface area contributed by atoms with E-state index in [9.17, 15) is 0 Å². The first-order chi connectivity index (χ1) is 7.43. The van der Waals surface area contributed by atoms with Crippen LogP contribution in [0.2, 0.25) is 0 Å². The van der Waals surface area contributed by atoms with E-state index in [1.807, 2.05) is 24.7 Å². The quantitative estimate of drug-likeness (QED) is 0.837. The number of nitrogens with one attached hydrogen (secondary N) is 1. The van der Waals surface area contributed by atoms with Crippen molar-refractivity contribution in [2.45, 2.75) is 33.4 Å². The maximum Gasteiger partial charge on any atom is 0.0632 e. The summed E-state index contributed by atoms with van der Waals surface area (Å²) in [7, 11) is 0. The number of halogens is 1. The average molecular weight is 290 g/mol. The zero-order valence-electron chi connectivity index (χ0n) is 10.1. The third-order valence-electron chi connectivity index (χ3n) is 2.42. The summed E-state index contributed by atoms with van der Waals surface area (Å²) in [6, 6.07) is 0.331. The molecular weight excluding hydrogens is 270 g/mol. The van der Waals surface area contributed by atoms with Gasteiger partial charge in [-0.2, -0.15) is 5.10 Å². The smallest absolute Gasteiger partial charge is 0.0632 e. The SMILES string of the molecule is CC(Cn1cc(Br)cn1)NCC(C)(C)CO. The van der Waals surface area contributed by atoms with Crippen molar-refractivity contribution in [2.75, 3.05) is 13.2 Å². The van der Waals surface area contributed by atoms with Gasteiger partial charge in [0.2, 0.25) is 0 Å². The van der Waals surface area contributed by atoms with Gasteiger partial charge in [0.15, 0.2) is 0 Å². The van der Waals surface area contributed by atoms with Crippen LogP contribution in [-0.2, 0) is 6.54 Å². The molecule has 1 unspecified atom stereocenters. The summed E-state index contributed by atoms with van der Waals surface area (Å²) in [5, 5.41) is 16.7. The molecule has 0 amide bonds. The van der Waals surface area contributed by atoms with E-state index in [2.05, 4.69) is 33.3 Å². The van der Waals surface area contributed by atoms with Gasteiger partial charge < -0.3 is 10.4 Å². The molecule has 16 heavy (non-hydrogen) atoms. The summed E-state index contributed by atoms with van der Waals surface area (Å²) in [6.07, 6.45) is 3.74. The van der Waals surface area contributed by atoms with Crippen molar-refractivity contribution < 1.29 is 5.11 Å². The molecule has 0 fully saturated rings. The highest BCUT2D eigenvalue weighted by molar-refractivity contribution is 9.10. The van der Waals surface area contributed by atoms with E-state index in [-0.39, 0.29) is 12.0 Å². The number of hydrogen-bond acceptors (Lipinski definition) is 3. The highest BCUT2D eigenvalue weighted by atomic mass is 79.9. The van der Waals surface area contributed by atoms with Gasteiger partial charge in [0.25, 0.3) is 0 Å². The number of aromatic nitrogens is 2. The van der Waals surface area contributed by atoms with E-state index >= 15 is 0 Å². The van der Waals surface area contributed by atoms with E-state index < -0.39 is 0 Å². The van der Waals surface area contributed by atoms with Crippen molar-refractivity contribution in [3.05, 3.63) is 16.9 Å². The Morgan fingerprint density at radius 2 is 2.31 bits per heavy atom. The first-order valence-electron chi connectivity index (χ1n) is 5.45. The summed E-state index contributed by atoms with van der Waals surface area (Å²) in [5.41, 5.74) is -0.0705. The van der Waals surface area contributed by atoms with Gasteiger partial charge in [-0.05, 0) is 22.9 Å². The van der Waals surface area contributed by atoms with Crippen molar-refractivity contribution in [1.82, 2.24) is 15.1 Å². The van der Waals surface area contributed by atoms with E-state index in [1.165, 1.54) is 0 Å². The van der Waals surface area contributed by atoms with Gasteiger partial charge in [0.1, 0.15) is 0 Å². The molecule has 1 heterocycles. The molecule has 0 saturated heterocycles. The molecule has 1 atom stereocenters. The molecular formula is C11H20BrN3O. The third-order valence-corrected chi connectivity index (χ3v) is 2.83. The Hall–Kier alpha value is -0.390. The van der Waals surface area contributed by atoms with Crippen molar-refractivity contribution in [2.24, 2.45) is 5.41 Å². The van der Waals surface area contributed by atoms with Crippen molar-refractivity contribution in [3.8, 4) is 0 Å². The second-order valence-electron chi connectivity index (χ2n) is 4.98. The molecule has 0 bridgehead atoms. The molecule has 0 aliphatic rings. The number of hydrogen-bond donors (Lipinski definition) is 2. The number of nitrogens with zero attached hydrogens (tertiary/aromatic N) is 2. The lowest BCUT2D eigenvalue weighted by Gasteiger charge is -2.24. The highest BCUT2D eigenvalue weighted by Gasteiger charge is 2.17. The summed E-state index contributed by atoms with van der Waals surface area (Å²) in [6.45, 7) is 8.01. The second kappa shape index (κ2) is 5.80. The largest absolute Gasteiger partial charge is 0.396 e. The molecule has 5 heteroatoms. The lowest BCUT2D eigenvalue weighted by atomic mass is 9.95. The van der Waals surface area contributed by atoms with Crippen molar-refractivity contribution in [3.63, 3.8) is 0 Å². The molecule has 0 saturated carbocycles. The molecule has 92 valence electrons. The number of aliphatic hydroxyl groups is 1. The van der Waals surface area contributed by atoms with Crippen LogP contribution in [0, 0.1) is 5.41 Å². The molecule has 1 aromatic heterocycles. The first-order valence-corrected chi connectivity index (χ1v) is 6.24. The maximum atomic E-state index is 9.14. The van der Waals surface area contributed by atoms with Crippen LogP contribution >= 0.6 is 15.9 Å². The summed E-state index contributed by atoms with van der Waals surface area (Å²) >= 11 is 3.37. The van der Waals surface area contributed by atoms with Crippen LogP contribution < -0.4 is 5.32 Å². The molecule has 0 radical (unpaired) electrons. The standard InChI is InChI=1S/C11H20BrN3O/c1-9(13-7-11(2,3)8-16)5-15-6-10(12)4-14-15/h4,6,9,13,16H,5,7-8H2,1-3H3.